The number of rotatable bonds is 1. The third kappa shape index (κ3) is 1.77. The van der Waals surface area contributed by atoms with Gasteiger partial charge in [0.15, 0.2) is 0 Å². The molecule has 72 valence electrons. The first-order valence-corrected chi connectivity index (χ1v) is 5.63. The van der Waals surface area contributed by atoms with Crippen LogP contribution in [0.25, 0.3) is 0 Å². The molecule has 0 aliphatic carbocycles. The molecule has 0 bridgehead atoms. The largest absolute Gasteiger partial charge is 0.300 e. The molecule has 2 rings (SSSR count). The molecule has 1 fully saturated rings. The second-order valence-electron chi connectivity index (χ2n) is 3.43. The highest BCUT2D eigenvalue weighted by Crippen LogP contribution is 2.35. The maximum atomic E-state index is 8.96. The molecule has 1 N–H and O–H groups in total. The van der Waals surface area contributed by atoms with Crippen molar-refractivity contribution in [3.05, 3.63) is 35.4 Å². The summed E-state index contributed by atoms with van der Waals surface area (Å²) in [5.74, 6) is 0. The van der Waals surface area contributed by atoms with Gasteiger partial charge in [-0.05, 0) is 11.6 Å². The zero-order valence-electron chi connectivity index (χ0n) is 8.03. The standard InChI is InChI=1S/C11H12N2S/c1-8-7-13-11(14-8)10-5-3-2-4-9(10)6-12/h2-5,8,11,13H,7H2,1H3. The molecule has 1 aromatic carbocycles. The minimum Gasteiger partial charge on any atom is -0.300 e. The maximum absolute atomic E-state index is 8.96. The number of benzene rings is 1. The number of hydrogen-bond donors (Lipinski definition) is 1. The molecule has 0 spiro atoms. The lowest BCUT2D eigenvalue weighted by Gasteiger charge is -2.11. The topological polar surface area (TPSA) is 35.8 Å². The van der Waals surface area contributed by atoms with Gasteiger partial charge in [0, 0.05) is 11.8 Å². The Kier molecular flexibility index (Phi) is 2.76. The van der Waals surface area contributed by atoms with Gasteiger partial charge in [0.1, 0.15) is 0 Å². The summed E-state index contributed by atoms with van der Waals surface area (Å²) in [6.07, 6.45) is 0. The van der Waals surface area contributed by atoms with Crippen LogP contribution in [0.5, 0.6) is 0 Å². The highest BCUT2D eigenvalue weighted by molar-refractivity contribution is 8.00. The minimum absolute atomic E-state index is 0.292. The van der Waals surface area contributed by atoms with Crippen molar-refractivity contribution in [1.82, 2.24) is 5.32 Å². The van der Waals surface area contributed by atoms with E-state index in [0.717, 1.165) is 17.7 Å². The summed E-state index contributed by atoms with van der Waals surface area (Å²) in [6, 6.07) is 10.0. The average molecular weight is 204 g/mol. The van der Waals surface area contributed by atoms with Gasteiger partial charge in [-0.25, -0.2) is 0 Å². The van der Waals surface area contributed by atoms with Crippen LogP contribution in [0.2, 0.25) is 0 Å². The molecule has 1 heterocycles. The van der Waals surface area contributed by atoms with Gasteiger partial charge in [-0.15, -0.1) is 11.8 Å². The van der Waals surface area contributed by atoms with Crippen LogP contribution in [0.4, 0.5) is 0 Å². The van der Waals surface area contributed by atoms with Crippen molar-refractivity contribution in [3.8, 4) is 6.07 Å². The molecule has 0 radical (unpaired) electrons. The Morgan fingerprint density at radius 3 is 2.93 bits per heavy atom. The molecule has 2 unspecified atom stereocenters. The Labute approximate surface area is 88.3 Å². The maximum Gasteiger partial charge on any atom is 0.0995 e. The highest BCUT2D eigenvalue weighted by Gasteiger charge is 2.24. The molecule has 0 saturated carbocycles. The summed E-state index contributed by atoms with van der Waals surface area (Å²) in [6.45, 7) is 3.22. The fourth-order valence-electron chi connectivity index (χ4n) is 1.61. The van der Waals surface area contributed by atoms with Crippen LogP contribution >= 0.6 is 11.8 Å². The molecule has 0 aromatic heterocycles. The van der Waals surface area contributed by atoms with E-state index in [2.05, 4.69) is 18.3 Å². The lowest BCUT2D eigenvalue weighted by molar-refractivity contribution is 0.716. The van der Waals surface area contributed by atoms with Crippen molar-refractivity contribution in [2.45, 2.75) is 17.5 Å². The Balaban J connectivity index is 2.28. The van der Waals surface area contributed by atoms with Crippen molar-refractivity contribution < 1.29 is 0 Å². The van der Waals surface area contributed by atoms with E-state index in [4.69, 9.17) is 5.26 Å². The smallest absolute Gasteiger partial charge is 0.0995 e. The summed E-state index contributed by atoms with van der Waals surface area (Å²) in [7, 11) is 0. The first kappa shape index (κ1) is 9.57. The summed E-state index contributed by atoms with van der Waals surface area (Å²) < 4.78 is 0. The normalized spacial score (nSPS) is 26.0. The van der Waals surface area contributed by atoms with Crippen LogP contribution in [-0.4, -0.2) is 11.8 Å². The van der Waals surface area contributed by atoms with Gasteiger partial charge in [0.2, 0.25) is 0 Å². The van der Waals surface area contributed by atoms with Crippen molar-refractivity contribution in [3.63, 3.8) is 0 Å². The highest BCUT2D eigenvalue weighted by atomic mass is 32.2. The zero-order chi connectivity index (χ0) is 9.97. The molecular weight excluding hydrogens is 192 g/mol. The molecule has 1 saturated heterocycles. The van der Waals surface area contributed by atoms with Crippen LogP contribution in [0.1, 0.15) is 23.4 Å². The molecule has 1 aliphatic heterocycles. The van der Waals surface area contributed by atoms with Crippen molar-refractivity contribution >= 4 is 11.8 Å². The molecule has 1 aromatic rings. The summed E-state index contributed by atoms with van der Waals surface area (Å²) in [4.78, 5) is 0. The Morgan fingerprint density at radius 1 is 1.50 bits per heavy atom. The van der Waals surface area contributed by atoms with Gasteiger partial charge in [0.05, 0.1) is 17.0 Å². The number of nitrogens with one attached hydrogen (secondary N) is 1. The fourth-order valence-corrected chi connectivity index (χ4v) is 2.81. The second-order valence-corrected chi connectivity index (χ2v) is 4.98. The van der Waals surface area contributed by atoms with E-state index in [0.29, 0.717) is 10.6 Å². The first-order chi connectivity index (χ1) is 6.81. The minimum atomic E-state index is 0.292. The molecule has 0 amide bonds. The van der Waals surface area contributed by atoms with Crippen molar-refractivity contribution in [1.29, 1.82) is 5.26 Å². The average Bonchev–Trinajstić information content (AvgIpc) is 2.65. The van der Waals surface area contributed by atoms with Gasteiger partial charge < -0.3 is 5.32 Å². The summed E-state index contributed by atoms with van der Waals surface area (Å²) in [5.41, 5.74) is 1.90. The first-order valence-electron chi connectivity index (χ1n) is 4.69. The predicted molar refractivity (Wildman–Crippen MR) is 59.0 cm³/mol. The van der Waals surface area contributed by atoms with E-state index in [9.17, 15) is 0 Å². The third-order valence-electron chi connectivity index (χ3n) is 2.32. The second kappa shape index (κ2) is 4.04. The number of hydrogen-bond acceptors (Lipinski definition) is 3. The van der Waals surface area contributed by atoms with Crippen LogP contribution in [0.3, 0.4) is 0 Å². The number of nitriles is 1. The van der Waals surface area contributed by atoms with E-state index < -0.39 is 0 Å². The third-order valence-corrected chi connectivity index (χ3v) is 3.65. The van der Waals surface area contributed by atoms with Crippen molar-refractivity contribution in [2.75, 3.05) is 6.54 Å². The molecule has 1 aliphatic rings. The van der Waals surface area contributed by atoms with E-state index in [1.165, 1.54) is 0 Å². The SMILES string of the molecule is CC1CNC(c2ccccc2C#N)S1. The molecule has 2 atom stereocenters. The Hall–Kier alpha value is -0.980. The zero-order valence-corrected chi connectivity index (χ0v) is 8.84. The molecular formula is C11H12N2S. The Bertz CT molecular complexity index is 370. The number of nitrogens with zero attached hydrogens (tertiary/aromatic N) is 1. The molecule has 3 heteroatoms. The summed E-state index contributed by atoms with van der Waals surface area (Å²) in [5, 5.41) is 13.3. The van der Waals surface area contributed by atoms with Gasteiger partial charge in [-0.3, -0.25) is 0 Å². The lowest BCUT2D eigenvalue weighted by atomic mass is 10.1. The van der Waals surface area contributed by atoms with E-state index in [-0.39, 0.29) is 0 Å². The van der Waals surface area contributed by atoms with Gasteiger partial charge >= 0.3 is 0 Å². The van der Waals surface area contributed by atoms with Crippen LogP contribution in [0, 0.1) is 11.3 Å². The quantitative estimate of drug-likeness (QED) is 0.762. The van der Waals surface area contributed by atoms with Gasteiger partial charge in [-0.2, -0.15) is 5.26 Å². The van der Waals surface area contributed by atoms with Crippen molar-refractivity contribution in [2.24, 2.45) is 0 Å². The fraction of sp³-hybridized carbons (Fsp3) is 0.364. The van der Waals surface area contributed by atoms with E-state index in [1.807, 2.05) is 36.0 Å². The van der Waals surface area contributed by atoms with E-state index >= 15 is 0 Å². The van der Waals surface area contributed by atoms with Gasteiger partial charge in [-0.1, -0.05) is 25.1 Å². The molecule has 14 heavy (non-hydrogen) atoms. The monoisotopic (exact) mass is 204 g/mol. The van der Waals surface area contributed by atoms with Gasteiger partial charge in [0.25, 0.3) is 0 Å². The number of thioether (sulfide) groups is 1. The van der Waals surface area contributed by atoms with E-state index in [1.54, 1.807) is 0 Å². The Morgan fingerprint density at radius 2 is 2.29 bits per heavy atom. The predicted octanol–water partition coefficient (Wildman–Crippen LogP) is 2.28. The summed E-state index contributed by atoms with van der Waals surface area (Å²) >= 11 is 1.89. The van der Waals surface area contributed by atoms with Crippen LogP contribution in [-0.2, 0) is 0 Å². The molecule has 2 nitrogen and oxygen atoms in total. The van der Waals surface area contributed by atoms with Crippen LogP contribution < -0.4 is 5.32 Å². The lowest BCUT2D eigenvalue weighted by Crippen LogP contribution is -2.14. The van der Waals surface area contributed by atoms with Crippen LogP contribution in [0.15, 0.2) is 24.3 Å².